The Hall–Kier alpha value is -1.83. The molecule has 0 aromatic carbocycles. The standard InChI is InChI=1S/C12H18N2O3/c1-4-5-6-10(15)14-11(9(2)3)12(16)17-8-7-13/h4,9,11H,1,5-6,8H2,2-3H3,(H,14,15)/t11-/m0/s1. The topological polar surface area (TPSA) is 79.2 Å². The monoisotopic (exact) mass is 238 g/mol. The molecule has 0 aliphatic heterocycles. The highest BCUT2D eigenvalue weighted by atomic mass is 16.5. The Bertz CT molecular complexity index is 318. The molecule has 0 saturated heterocycles. The molecule has 0 fully saturated rings. The number of allylic oxidation sites excluding steroid dienone is 1. The van der Waals surface area contributed by atoms with Gasteiger partial charge in [-0.25, -0.2) is 4.79 Å². The smallest absolute Gasteiger partial charge is 0.329 e. The van der Waals surface area contributed by atoms with Gasteiger partial charge in [-0.15, -0.1) is 6.58 Å². The zero-order chi connectivity index (χ0) is 13.3. The fourth-order valence-electron chi connectivity index (χ4n) is 1.17. The van der Waals surface area contributed by atoms with Crippen LogP contribution in [0.3, 0.4) is 0 Å². The predicted octanol–water partition coefficient (Wildman–Crippen LogP) is 1.16. The van der Waals surface area contributed by atoms with Gasteiger partial charge >= 0.3 is 5.97 Å². The van der Waals surface area contributed by atoms with Gasteiger partial charge < -0.3 is 10.1 Å². The lowest BCUT2D eigenvalue weighted by molar-refractivity contribution is -0.147. The van der Waals surface area contributed by atoms with Gasteiger partial charge in [0.25, 0.3) is 0 Å². The molecule has 0 rings (SSSR count). The summed E-state index contributed by atoms with van der Waals surface area (Å²) < 4.78 is 4.69. The summed E-state index contributed by atoms with van der Waals surface area (Å²) in [6, 6.07) is 1.00. The SMILES string of the molecule is C=CCCC(=O)N[C@H](C(=O)OCC#N)C(C)C. The third-order valence-corrected chi connectivity index (χ3v) is 2.09. The molecule has 0 heterocycles. The van der Waals surface area contributed by atoms with Crippen LogP contribution in [0, 0.1) is 17.2 Å². The van der Waals surface area contributed by atoms with E-state index in [1.807, 2.05) is 0 Å². The van der Waals surface area contributed by atoms with Crippen LogP contribution in [-0.4, -0.2) is 24.5 Å². The molecule has 1 N–H and O–H groups in total. The minimum absolute atomic E-state index is 0.0890. The maximum Gasteiger partial charge on any atom is 0.329 e. The highest BCUT2D eigenvalue weighted by Crippen LogP contribution is 2.05. The number of esters is 1. The van der Waals surface area contributed by atoms with Crippen LogP contribution in [0.15, 0.2) is 12.7 Å². The Morgan fingerprint density at radius 2 is 2.18 bits per heavy atom. The van der Waals surface area contributed by atoms with Crippen molar-refractivity contribution in [3.8, 4) is 6.07 Å². The van der Waals surface area contributed by atoms with E-state index >= 15 is 0 Å². The van der Waals surface area contributed by atoms with Crippen molar-refractivity contribution < 1.29 is 14.3 Å². The second-order valence-electron chi connectivity index (χ2n) is 3.88. The summed E-state index contributed by atoms with van der Waals surface area (Å²) in [5.74, 6) is -0.889. The first-order valence-electron chi connectivity index (χ1n) is 5.46. The third-order valence-electron chi connectivity index (χ3n) is 2.09. The molecule has 0 aliphatic carbocycles. The molecule has 0 bridgehead atoms. The maximum atomic E-state index is 11.5. The van der Waals surface area contributed by atoms with E-state index in [-0.39, 0.29) is 24.9 Å². The van der Waals surface area contributed by atoms with Crippen molar-refractivity contribution in [2.75, 3.05) is 6.61 Å². The van der Waals surface area contributed by atoms with Crippen molar-refractivity contribution in [3.63, 3.8) is 0 Å². The largest absolute Gasteiger partial charge is 0.449 e. The maximum absolute atomic E-state index is 11.5. The summed E-state index contributed by atoms with van der Waals surface area (Å²) in [5.41, 5.74) is 0. The molecule has 1 atom stereocenters. The van der Waals surface area contributed by atoms with E-state index < -0.39 is 12.0 Å². The third kappa shape index (κ3) is 6.36. The van der Waals surface area contributed by atoms with E-state index in [1.165, 1.54) is 0 Å². The first-order valence-corrected chi connectivity index (χ1v) is 5.46. The zero-order valence-corrected chi connectivity index (χ0v) is 10.2. The molecule has 0 aliphatic rings. The number of carbonyl (C=O) groups excluding carboxylic acids is 2. The van der Waals surface area contributed by atoms with Crippen molar-refractivity contribution in [1.29, 1.82) is 5.26 Å². The van der Waals surface area contributed by atoms with Crippen molar-refractivity contribution in [3.05, 3.63) is 12.7 Å². The van der Waals surface area contributed by atoms with Gasteiger partial charge in [0.2, 0.25) is 5.91 Å². The van der Waals surface area contributed by atoms with Crippen LogP contribution in [-0.2, 0) is 14.3 Å². The van der Waals surface area contributed by atoms with E-state index in [0.29, 0.717) is 6.42 Å². The summed E-state index contributed by atoms with van der Waals surface area (Å²) in [6.07, 6.45) is 2.49. The number of rotatable bonds is 7. The number of hydrogen-bond acceptors (Lipinski definition) is 4. The van der Waals surface area contributed by atoms with Crippen LogP contribution >= 0.6 is 0 Å². The lowest BCUT2D eigenvalue weighted by atomic mass is 10.0. The molecule has 0 unspecified atom stereocenters. The van der Waals surface area contributed by atoms with Gasteiger partial charge in [0.05, 0.1) is 0 Å². The van der Waals surface area contributed by atoms with Gasteiger partial charge in [-0.2, -0.15) is 5.26 Å². The molecule has 0 aromatic rings. The average molecular weight is 238 g/mol. The Balaban J connectivity index is 4.33. The van der Waals surface area contributed by atoms with Gasteiger partial charge in [-0.05, 0) is 12.3 Å². The molecule has 0 aromatic heterocycles. The fraction of sp³-hybridized carbons (Fsp3) is 0.583. The van der Waals surface area contributed by atoms with Gasteiger partial charge in [0.15, 0.2) is 6.61 Å². The van der Waals surface area contributed by atoms with Gasteiger partial charge in [0, 0.05) is 6.42 Å². The van der Waals surface area contributed by atoms with Gasteiger partial charge in [0.1, 0.15) is 12.1 Å². The van der Waals surface area contributed by atoms with Crippen LogP contribution in [0.2, 0.25) is 0 Å². The van der Waals surface area contributed by atoms with Gasteiger partial charge in [-0.1, -0.05) is 19.9 Å². The average Bonchev–Trinajstić information content (AvgIpc) is 2.29. The Morgan fingerprint density at radius 3 is 2.65 bits per heavy atom. The molecule has 1 amide bonds. The molecule has 0 saturated carbocycles. The first kappa shape index (κ1) is 15.2. The van der Waals surface area contributed by atoms with E-state index in [9.17, 15) is 9.59 Å². The summed E-state index contributed by atoms with van der Waals surface area (Å²) in [5, 5.41) is 10.9. The zero-order valence-electron chi connectivity index (χ0n) is 10.2. The molecule has 5 heteroatoms. The van der Waals surface area contributed by atoms with Gasteiger partial charge in [-0.3, -0.25) is 4.79 Å². The second-order valence-corrected chi connectivity index (χ2v) is 3.88. The number of hydrogen-bond donors (Lipinski definition) is 1. The van der Waals surface area contributed by atoms with Crippen LogP contribution in [0.5, 0.6) is 0 Å². The number of nitriles is 1. The number of nitrogens with zero attached hydrogens (tertiary/aromatic N) is 1. The summed E-state index contributed by atoms with van der Waals surface area (Å²) in [4.78, 5) is 23.0. The molecule has 0 radical (unpaired) electrons. The summed E-state index contributed by atoms with van der Waals surface area (Å²) >= 11 is 0. The van der Waals surface area contributed by atoms with E-state index in [1.54, 1.807) is 26.0 Å². The normalized spacial score (nSPS) is 11.4. The van der Waals surface area contributed by atoms with E-state index in [2.05, 4.69) is 16.6 Å². The molecule has 17 heavy (non-hydrogen) atoms. The summed E-state index contributed by atoms with van der Waals surface area (Å²) in [7, 11) is 0. The van der Waals surface area contributed by atoms with Crippen LogP contribution < -0.4 is 5.32 Å². The number of ether oxygens (including phenoxy) is 1. The van der Waals surface area contributed by atoms with Crippen molar-refractivity contribution in [2.45, 2.75) is 32.7 Å². The van der Waals surface area contributed by atoms with Crippen molar-refractivity contribution >= 4 is 11.9 Å². The highest BCUT2D eigenvalue weighted by molar-refractivity contribution is 5.84. The molecule has 0 spiro atoms. The minimum Gasteiger partial charge on any atom is -0.449 e. The molecular formula is C12H18N2O3. The Morgan fingerprint density at radius 1 is 1.53 bits per heavy atom. The number of nitrogens with one attached hydrogen (secondary N) is 1. The van der Waals surface area contributed by atoms with Crippen LogP contribution in [0.4, 0.5) is 0 Å². The highest BCUT2D eigenvalue weighted by Gasteiger charge is 2.25. The number of amides is 1. The van der Waals surface area contributed by atoms with E-state index in [4.69, 9.17) is 5.26 Å². The fourth-order valence-corrected chi connectivity index (χ4v) is 1.17. The minimum atomic E-state index is -0.708. The molecular weight excluding hydrogens is 220 g/mol. The lowest BCUT2D eigenvalue weighted by Crippen LogP contribution is -2.45. The second kappa shape index (κ2) is 8.34. The lowest BCUT2D eigenvalue weighted by Gasteiger charge is -2.19. The Labute approximate surface area is 101 Å². The van der Waals surface area contributed by atoms with Crippen molar-refractivity contribution in [2.24, 2.45) is 5.92 Å². The quantitative estimate of drug-likeness (QED) is 0.533. The Kier molecular flexibility index (Phi) is 7.44. The molecule has 5 nitrogen and oxygen atoms in total. The van der Waals surface area contributed by atoms with Crippen molar-refractivity contribution in [1.82, 2.24) is 5.32 Å². The number of carbonyl (C=O) groups is 2. The van der Waals surface area contributed by atoms with Crippen LogP contribution in [0.1, 0.15) is 26.7 Å². The van der Waals surface area contributed by atoms with E-state index in [0.717, 1.165) is 0 Å². The van der Waals surface area contributed by atoms with Crippen LogP contribution in [0.25, 0.3) is 0 Å². The molecule has 94 valence electrons. The summed E-state index contributed by atoms with van der Waals surface area (Å²) in [6.45, 7) is 6.81. The first-order chi connectivity index (χ1) is 8.02. The predicted molar refractivity (Wildman–Crippen MR) is 62.8 cm³/mol.